The van der Waals surface area contributed by atoms with Crippen LogP contribution in [-0.4, -0.2) is 11.9 Å². The van der Waals surface area contributed by atoms with Crippen LogP contribution < -0.4 is 0 Å². The van der Waals surface area contributed by atoms with Gasteiger partial charge in [-0.15, -0.1) is 0 Å². The highest BCUT2D eigenvalue weighted by molar-refractivity contribution is 6.03. The molecule has 0 aromatic heterocycles. The fourth-order valence-electron chi connectivity index (χ4n) is 1.48. The predicted molar refractivity (Wildman–Crippen MR) is 50.2 cm³/mol. The molecular weight excluding hydrogens is 180 g/mol. The van der Waals surface area contributed by atoms with E-state index in [2.05, 4.69) is 4.74 Å². The van der Waals surface area contributed by atoms with Gasteiger partial charge in [0.1, 0.15) is 0 Å². The largest absolute Gasteiger partial charge is 0.389 e. The van der Waals surface area contributed by atoms with Crippen LogP contribution in [0.15, 0.2) is 35.5 Å². The van der Waals surface area contributed by atoms with E-state index in [-0.39, 0.29) is 12.3 Å². The molecule has 0 saturated carbocycles. The lowest BCUT2D eigenvalue weighted by atomic mass is 10.0. The van der Waals surface area contributed by atoms with E-state index in [0.29, 0.717) is 5.57 Å². The molecule has 1 atom stereocenters. The van der Waals surface area contributed by atoms with E-state index in [0.717, 1.165) is 5.57 Å². The Kier molecular flexibility index (Phi) is 2.08. The Bertz CT molecular complexity index is 385. The predicted octanol–water partition coefficient (Wildman–Crippen LogP) is 1.52. The summed E-state index contributed by atoms with van der Waals surface area (Å²) in [6.45, 7) is 2.01. The number of cyclic esters (lactones) is 2. The summed E-state index contributed by atoms with van der Waals surface area (Å²) >= 11 is 0. The van der Waals surface area contributed by atoms with Crippen molar-refractivity contribution in [3.63, 3.8) is 0 Å². The maximum atomic E-state index is 11.3. The Hall–Kier alpha value is -1.64. The summed E-state index contributed by atoms with van der Waals surface area (Å²) in [5, 5.41) is 0. The molecule has 0 saturated heterocycles. The minimum absolute atomic E-state index is 0.189. The van der Waals surface area contributed by atoms with Gasteiger partial charge in [0.25, 0.3) is 0 Å². The molecule has 1 aliphatic heterocycles. The third-order valence-electron chi connectivity index (χ3n) is 2.27. The lowest BCUT2D eigenvalue weighted by molar-refractivity contribution is -0.157. The van der Waals surface area contributed by atoms with Gasteiger partial charge in [-0.2, -0.15) is 0 Å². The van der Waals surface area contributed by atoms with Crippen molar-refractivity contribution in [3.8, 4) is 0 Å². The van der Waals surface area contributed by atoms with Crippen molar-refractivity contribution in [2.45, 2.75) is 13.3 Å². The Balaban J connectivity index is 2.43. The molecule has 2 aliphatic rings. The van der Waals surface area contributed by atoms with Crippen LogP contribution in [0, 0.1) is 5.92 Å². The quantitative estimate of drug-likeness (QED) is 0.429. The number of rotatable bonds is 0. The van der Waals surface area contributed by atoms with Crippen molar-refractivity contribution >= 4 is 11.9 Å². The number of allylic oxidation sites excluding steroid dienone is 3. The molecule has 0 N–H and O–H groups in total. The first-order valence-electron chi connectivity index (χ1n) is 4.51. The highest BCUT2D eigenvalue weighted by atomic mass is 16.6. The number of ether oxygens (including phenoxy) is 1. The smallest absolute Gasteiger partial charge is 0.346 e. The molecule has 0 aromatic rings. The van der Waals surface area contributed by atoms with E-state index in [1.807, 2.05) is 25.2 Å². The first-order chi connectivity index (χ1) is 6.66. The average molecular weight is 190 g/mol. The van der Waals surface area contributed by atoms with Gasteiger partial charge in [-0.05, 0) is 11.5 Å². The molecular formula is C11H10O3. The van der Waals surface area contributed by atoms with Gasteiger partial charge in [-0.1, -0.05) is 31.2 Å². The van der Waals surface area contributed by atoms with E-state index in [9.17, 15) is 9.59 Å². The average Bonchev–Trinajstić information content (AvgIpc) is 2.28. The van der Waals surface area contributed by atoms with Crippen molar-refractivity contribution < 1.29 is 14.3 Å². The minimum Gasteiger partial charge on any atom is -0.389 e. The molecule has 14 heavy (non-hydrogen) atoms. The molecule has 1 unspecified atom stereocenters. The van der Waals surface area contributed by atoms with Crippen molar-refractivity contribution in [1.82, 2.24) is 0 Å². The van der Waals surface area contributed by atoms with Gasteiger partial charge < -0.3 is 4.74 Å². The summed E-state index contributed by atoms with van der Waals surface area (Å²) in [5.74, 6) is -0.726. The van der Waals surface area contributed by atoms with Crippen LogP contribution in [0.25, 0.3) is 0 Å². The zero-order valence-corrected chi connectivity index (χ0v) is 7.82. The SMILES string of the molecule is CC1C=CC2=C(C=C1)C(=O)OC(=O)C2. The van der Waals surface area contributed by atoms with Crippen LogP contribution in [0.5, 0.6) is 0 Å². The van der Waals surface area contributed by atoms with E-state index in [1.54, 1.807) is 6.08 Å². The van der Waals surface area contributed by atoms with Crippen LogP contribution in [0.4, 0.5) is 0 Å². The van der Waals surface area contributed by atoms with Gasteiger partial charge in [0.2, 0.25) is 0 Å². The molecule has 0 aromatic carbocycles. The molecule has 72 valence electrons. The zero-order valence-electron chi connectivity index (χ0n) is 7.82. The number of esters is 2. The Morgan fingerprint density at radius 1 is 1.29 bits per heavy atom. The number of hydrogen-bond donors (Lipinski definition) is 0. The van der Waals surface area contributed by atoms with E-state index in [1.165, 1.54) is 0 Å². The van der Waals surface area contributed by atoms with Crippen LogP contribution in [0.3, 0.4) is 0 Å². The van der Waals surface area contributed by atoms with Gasteiger partial charge in [0.15, 0.2) is 0 Å². The van der Waals surface area contributed by atoms with Gasteiger partial charge in [-0.25, -0.2) is 4.79 Å². The van der Waals surface area contributed by atoms with E-state index < -0.39 is 11.9 Å². The molecule has 3 nitrogen and oxygen atoms in total. The summed E-state index contributed by atoms with van der Waals surface area (Å²) in [6, 6.07) is 0. The molecule has 1 aliphatic carbocycles. The maximum absolute atomic E-state index is 11.3. The van der Waals surface area contributed by atoms with Crippen LogP contribution in [-0.2, 0) is 14.3 Å². The maximum Gasteiger partial charge on any atom is 0.346 e. The lowest BCUT2D eigenvalue weighted by Crippen LogP contribution is -2.20. The monoisotopic (exact) mass is 190 g/mol. The topological polar surface area (TPSA) is 43.4 Å². The molecule has 1 heterocycles. The summed E-state index contributed by atoms with van der Waals surface area (Å²) in [5.41, 5.74) is 1.26. The Labute approximate surface area is 81.7 Å². The van der Waals surface area contributed by atoms with Gasteiger partial charge in [0.05, 0.1) is 12.0 Å². The van der Waals surface area contributed by atoms with Gasteiger partial charge in [-0.3, -0.25) is 4.79 Å². The minimum atomic E-state index is -0.536. The van der Waals surface area contributed by atoms with Crippen molar-refractivity contribution in [1.29, 1.82) is 0 Å². The van der Waals surface area contributed by atoms with Crippen molar-refractivity contribution in [3.05, 3.63) is 35.5 Å². The number of hydrogen-bond acceptors (Lipinski definition) is 3. The molecule has 2 rings (SSSR count). The van der Waals surface area contributed by atoms with Crippen molar-refractivity contribution in [2.24, 2.45) is 5.92 Å². The molecule has 0 amide bonds. The first kappa shape index (κ1) is 8.94. The first-order valence-corrected chi connectivity index (χ1v) is 4.51. The third-order valence-corrected chi connectivity index (χ3v) is 2.27. The molecule has 0 bridgehead atoms. The molecule has 0 radical (unpaired) electrons. The molecule has 3 heteroatoms. The highest BCUT2D eigenvalue weighted by Crippen LogP contribution is 2.23. The van der Waals surface area contributed by atoms with Gasteiger partial charge >= 0.3 is 11.9 Å². The van der Waals surface area contributed by atoms with Crippen LogP contribution in [0.1, 0.15) is 13.3 Å². The van der Waals surface area contributed by atoms with E-state index in [4.69, 9.17) is 0 Å². The highest BCUT2D eigenvalue weighted by Gasteiger charge is 2.25. The summed E-state index contributed by atoms with van der Waals surface area (Å²) in [4.78, 5) is 22.3. The van der Waals surface area contributed by atoms with Gasteiger partial charge in [0, 0.05) is 0 Å². The summed E-state index contributed by atoms with van der Waals surface area (Å²) in [7, 11) is 0. The second-order valence-electron chi connectivity index (χ2n) is 3.45. The Morgan fingerprint density at radius 2 is 2.00 bits per heavy atom. The van der Waals surface area contributed by atoms with Crippen molar-refractivity contribution in [2.75, 3.05) is 0 Å². The fourth-order valence-corrected chi connectivity index (χ4v) is 1.48. The summed E-state index contributed by atoms with van der Waals surface area (Å²) < 4.78 is 4.53. The third kappa shape index (κ3) is 1.53. The van der Waals surface area contributed by atoms with E-state index >= 15 is 0 Å². The zero-order chi connectivity index (χ0) is 10.1. The number of carbonyl (C=O) groups is 2. The molecule has 0 fully saturated rings. The van der Waals surface area contributed by atoms with Crippen LogP contribution >= 0.6 is 0 Å². The van der Waals surface area contributed by atoms with Crippen LogP contribution in [0.2, 0.25) is 0 Å². The second kappa shape index (κ2) is 3.25. The normalized spacial score (nSPS) is 25.9. The number of carbonyl (C=O) groups excluding carboxylic acids is 2. The lowest BCUT2D eigenvalue weighted by Gasteiger charge is -2.12. The standard InChI is InChI=1S/C11H10O3/c1-7-2-4-8-6-10(12)14-11(13)9(8)5-3-7/h2-5,7H,6H2,1H3. The second-order valence-corrected chi connectivity index (χ2v) is 3.45. The Morgan fingerprint density at radius 3 is 2.79 bits per heavy atom. The molecule has 0 spiro atoms. The fraction of sp³-hybridized carbons (Fsp3) is 0.273. The summed E-state index contributed by atoms with van der Waals surface area (Å²) in [6.07, 6.45) is 7.63.